The second-order valence-corrected chi connectivity index (χ2v) is 7.61. The van der Waals surface area contributed by atoms with Crippen molar-refractivity contribution in [3.05, 3.63) is 42.0 Å². The average Bonchev–Trinajstić information content (AvgIpc) is 2.98. The number of halogens is 2. The molecule has 0 unspecified atom stereocenters. The number of carbonyl (C=O) groups is 1. The number of aliphatic carboxylic acids is 1. The van der Waals surface area contributed by atoms with Gasteiger partial charge < -0.3 is 10.1 Å². The Morgan fingerprint density at radius 2 is 2.00 bits per heavy atom. The minimum atomic E-state index is -0.942. The fraction of sp³-hybridized carbons (Fsp3) is 0.368. The molecule has 3 heterocycles. The van der Waals surface area contributed by atoms with Crippen LogP contribution >= 0.6 is 0 Å². The number of pyridine rings is 1. The van der Waals surface area contributed by atoms with Crippen LogP contribution in [0.5, 0.6) is 0 Å². The van der Waals surface area contributed by atoms with Gasteiger partial charge in [-0.1, -0.05) is 20.8 Å². The smallest absolute Gasteiger partial charge is 0.303 e. The van der Waals surface area contributed by atoms with E-state index in [1.165, 1.54) is 6.07 Å². The number of hydrogen-bond donors (Lipinski definition) is 2. The second-order valence-electron chi connectivity index (χ2n) is 7.61. The number of rotatable bonds is 5. The summed E-state index contributed by atoms with van der Waals surface area (Å²) in [5, 5.41) is 9.66. The van der Waals surface area contributed by atoms with E-state index in [1.807, 2.05) is 20.8 Å². The zero-order valence-electron chi connectivity index (χ0n) is 15.3. The van der Waals surface area contributed by atoms with Gasteiger partial charge in [0.25, 0.3) is 0 Å². The van der Waals surface area contributed by atoms with Crippen molar-refractivity contribution in [2.75, 3.05) is 0 Å². The van der Waals surface area contributed by atoms with Crippen molar-refractivity contribution in [1.29, 1.82) is 0 Å². The van der Waals surface area contributed by atoms with Crippen molar-refractivity contribution >= 4 is 17.0 Å². The third kappa shape index (κ3) is 4.10. The average molecular weight is 374 g/mol. The molecule has 0 aliphatic rings. The summed E-state index contributed by atoms with van der Waals surface area (Å²) in [6, 6.07) is 1.31. The van der Waals surface area contributed by atoms with Crippen molar-refractivity contribution in [2.45, 2.75) is 33.6 Å². The van der Waals surface area contributed by atoms with Gasteiger partial charge >= 0.3 is 5.97 Å². The maximum absolute atomic E-state index is 14.3. The van der Waals surface area contributed by atoms with Gasteiger partial charge in [-0.25, -0.2) is 23.7 Å². The first-order valence-electron chi connectivity index (χ1n) is 8.51. The molecule has 0 fully saturated rings. The van der Waals surface area contributed by atoms with Gasteiger partial charge in [0.05, 0.1) is 18.1 Å². The Balaban J connectivity index is 2.01. The van der Waals surface area contributed by atoms with Crippen molar-refractivity contribution in [3.63, 3.8) is 0 Å². The zero-order valence-corrected chi connectivity index (χ0v) is 15.3. The van der Waals surface area contributed by atoms with Gasteiger partial charge in [-0.3, -0.25) is 4.79 Å². The number of nitrogens with one attached hydrogen (secondary N) is 1. The molecule has 8 heteroatoms. The molecule has 27 heavy (non-hydrogen) atoms. The predicted molar refractivity (Wildman–Crippen MR) is 95.9 cm³/mol. The van der Waals surface area contributed by atoms with Gasteiger partial charge in [0.1, 0.15) is 11.5 Å². The summed E-state index contributed by atoms with van der Waals surface area (Å²) in [4.78, 5) is 26.4. The van der Waals surface area contributed by atoms with E-state index in [2.05, 4.69) is 19.9 Å². The third-order valence-corrected chi connectivity index (χ3v) is 4.64. The highest BCUT2D eigenvalue weighted by atomic mass is 19.1. The number of fused-ring (bicyclic) bond motifs is 1. The number of hydrogen-bond acceptors (Lipinski definition) is 4. The quantitative estimate of drug-likeness (QED) is 0.705. The Labute approximate surface area is 154 Å². The molecule has 1 atom stereocenters. The number of aromatic amines is 1. The standard InChI is InChI=1S/C19H20F2N4O2/c1-19(2,3)10(5-16(26)27)4-15-14(21)9-24-18(25-15)13-8-23-17-12(13)6-11(20)7-22-17/h6-10H,4-5H2,1-3H3,(H,22,23)(H,26,27)/t10-/m1/s1. The number of carboxylic acid groups (broad SMARTS) is 1. The normalized spacial score (nSPS) is 13.1. The van der Waals surface area contributed by atoms with Crippen LogP contribution < -0.4 is 0 Å². The largest absolute Gasteiger partial charge is 0.481 e. The van der Waals surface area contributed by atoms with Crippen LogP contribution in [0.25, 0.3) is 22.4 Å². The van der Waals surface area contributed by atoms with E-state index in [0.717, 1.165) is 12.4 Å². The van der Waals surface area contributed by atoms with Gasteiger partial charge in [0.15, 0.2) is 11.6 Å². The maximum atomic E-state index is 14.3. The van der Waals surface area contributed by atoms with Crippen LogP contribution in [-0.2, 0) is 11.2 Å². The summed E-state index contributed by atoms with van der Waals surface area (Å²) in [5.41, 5.74) is 0.770. The van der Waals surface area contributed by atoms with E-state index in [1.54, 1.807) is 6.20 Å². The Hall–Kier alpha value is -2.90. The minimum Gasteiger partial charge on any atom is -0.481 e. The van der Waals surface area contributed by atoms with E-state index in [-0.39, 0.29) is 35.7 Å². The number of H-pyrrole nitrogens is 1. The van der Waals surface area contributed by atoms with E-state index in [4.69, 9.17) is 0 Å². The molecular weight excluding hydrogens is 354 g/mol. The van der Waals surface area contributed by atoms with Crippen LogP contribution in [0.15, 0.2) is 24.7 Å². The van der Waals surface area contributed by atoms with E-state index in [9.17, 15) is 18.7 Å². The highest BCUT2D eigenvalue weighted by molar-refractivity contribution is 5.91. The molecule has 0 aliphatic carbocycles. The molecule has 3 aromatic rings. The first kappa shape index (κ1) is 18.9. The first-order valence-corrected chi connectivity index (χ1v) is 8.51. The Kier molecular flexibility index (Phi) is 4.91. The lowest BCUT2D eigenvalue weighted by Gasteiger charge is -2.29. The molecule has 6 nitrogen and oxygen atoms in total. The highest BCUT2D eigenvalue weighted by Gasteiger charge is 2.29. The molecular formula is C19H20F2N4O2. The zero-order chi connectivity index (χ0) is 19.8. The predicted octanol–water partition coefficient (Wildman–Crippen LogP) is 3.98. The second kappa shape index (κ2) is 7.02. The topological polar surface area (TPSA) is 91.8 Å². The Bertz CT molecular complexity index is 995. The van der Waals surface area contributed by atoms with Gasteiger partial charge in [0, 0.05) is 23.6 Å². The summed E-state index contributed by atoms with van der Waals surface area (Å²) in [6.07, 6.45) is 3.81. The molecule has 142 valence electrons. The summed E-state index contributed by atoms with van der Waals surface area (Å²) >= 11 is 0. The molecule has 0 aliphatic heterocycles. The number of carboxylic acids is 1. The number of aromatic nitrogens is 4. The lowest BCUT2D eigenvalue weighted by atomic mass is 9.76. The van der Waals surface area contributed by atoms with Crippen LogP contribution in [-0.4, -0.2) is 31.0 Å². The summed E-state index contributed by atoms with van der Waals surface area (Å²) in [6.45, 7) is 5.73. The van der Waals surface area contributed by atoms with Crippen LogP contribution in [0.2, 0.25) is 0 Å². The SMILES string of the molecule is CC(C)(C)[C@@H](CC(=O)O)Cc1nc(-c2c[nH]c3ncc(F)cc23)ncc1F. The monoisotopic (exact) mass is 374 g/mol. The molecule has 0 saturated carbocycles. The molecule has 0 amide bonds. The van der Waals surface area contributed by atoms with Crippen molar-refractivity contribution in [3.8, 4) is 11.4 Å². The van der Waals surface area contributed by atoms with Crippen LogP contribution in [0.4, 0.5) is 8.78 Å². The van der Waals surface area contributed by atoms with Crippen LogP contribution in [0.1, 0.15) is 32.9 Å². The van der Waals surface area contributed by atoms with E-state index < -0.39 is 17.6 Å². The van der Waals surface area contributed by atoms with Crippen LogP contribution in [0.3, 0.4) is 0 Å². The van der Waals surface area contributed by atoms with Crippen molar-refractivity contribution in [1.82, 2.24) is 19.9 Å². The molecule has 0 bridgehead atoms. The van der Waals surface area contributed by atoms with E-state index >= 15 is 0 Å². The van der Waals surface area contributed by atoms with E-state index in [0.29, 0.717) is 16.6 Å². The van der Waals surface area contributed by atoms with Crippen molar-refractivity contribution < 1.29 is 18.7 Å². The van der Waals surface area contributed by atoms with Gasteiger partial charge in [0.2, 0.25) is 0 Å². The van der Waals surface area contributed by atoms with Gasteiger partial charge in [-0.05, 0) is 23.8 Å². The molecule has 0 spiro atoms. The minimum absolute atomic E-state index is 0.0928. The summed E-state index contributed by atoms with van der Waals surface area (Å²) in [7, 11) is 0. The fourth-order valence-electron chi connectivity index (χ4n) is 2.97. The lowest BCUT2D eigenvalue weighted by Crippen LogP contribution is -2.26. The fourth-order valence-corrected chi connectivity index (χ4v) is 2.97. The molecule has 0 aromatic carbocycles. The summed E-state index contributed by atoms with van der Waals surface area (Å²) < 4.78 is 27.9. The number of nitrogens with zero attached hydrogens (tertiary/aromatic N) is 3. The van der Waals surface area contributed by atoms with Crippen molar-refractivity contribution in [2.24, 2.45) is 11.3 Å². The lowest BCUT2D eigenvalue weighted by molar-refractivity contribution is -0.139. The highest BCUT2D eigenvalue weighted by Crippen LogP contribution is 2.33. The Morgan fingerprint density at radius 3 is 2.67 bits per heavy atom. The first-order chi connectivity index (χ1) is 12.6. The summed E-state index contributed by atoms with van der Waals surface area (Å²) in [5.74, 6) is -2.12. The molecule has 3 rings (SSSR count). The van der Waals surface area contributed by atoms with Crippen LogP contribution in [0, 0.1) is 23.0 Å². The molecule has 0 saturated heterocycles. The Morgan fingerprint density at radius 1 is 1.26 bits per heavy atom. The van der Waals surface area contributed by atoms with Gasteiger partial charge in [-0.2, -0.15) is 0 Å². The molecule has 0 radical (unpaired) electrons. The van der Waals surface area contributed by atoms with Gasteiger partial charge in [-0.15, -0.1) is 0 Å². The molecule has 2 N–H and O–H groups in total. The maximum Gasteiger partial charge on any atom is 0.303 e. The third-order valence-electron chi connectivity index (χ3n) is 4.64. The molecule has 3 aromatic heterocycles.